The summed E-state index contributed by atoms with van der Waals surface area (Å²) in [5, 5.41) is 1.95. The van der Waals surface area contributed by atoms with Gasteiger partial charge in [0.2, 0.25) is 0 Å². The number of urea groups is 1. The number of benzene rings is 1. The first-order valence-electron chi connectivity index (χ1n) is 7.49. The zero-order chi connectivity index (χ0) is 17.6. The first-order valence-corrected chi connectivity index (χ1v) is 7.49. The molecular weight excluding hydrogens is 295 g/mol. The summed E-state index contributed by atoms with van der Waals surface area (Å²) in [5.74, 6) is 11.4. The van der Waals surface area contributed by atoms with E-state index in [2.05, 4.69) is 0 Å². The molecule has 0 atom stereocenters. The lowest BCUT2D eigenvalue weighted by Crippen LogP contribution is -2.49. The maximum absolute atomic E-state index is 12.0. The van der Waals surface area contributed by atoms with Crippen molar-refractivity contribution in [3.63, 3.8) is 0 Å². The second-order valence-electron chi connectivity index (χ2n) is 6.90. The Kier molecular flexibility index (Phi) is 4.47. The van der Waals surface area contributed by atoms with Crippen LogP contribution in [0.25, 0.3) is 0 Å². The molecule has 1 aliphatic heterocycles. The Morgan fingerprint density at radius 1 is 1.13 bits per heavy atom. The first kappa shape index (κ1) is 17.7. The minimum Gasteiger partial charge on any atom is -0.399 e. The molecule has 23 heavy (non-hydrogen) atoms. The Labute approximate surface area is 137 Å². The SMILES string of the molecule is Cc1ccc(B2OC(C)(C)C(C)(C)O2)cc1N(N)C(=O)N(C)N. The molecule has 7 nitrogen and oxygen atoms in total. The van der Waals surface area contributed by atoms with Crippen molar-refractivity contribution in [2.45, 2.75) is 45.8 Å². The molecule has 1 saturated heterocycles. The highest BCUT2D eigenvalue weighted by Gasteiger charge is 2.51. The van der Waals surface area contributed by atoms with Crippen LogP contribution in [0.1, 0.15) is 33.3 Å². The van der Waals surface area contributed by atoms with Crippen molar-refractivity contribution in [2.75, 3.05) is 12.1 Å². The van der Waals surface area contributed by atoms with Gasteiger partial charge in [0, 0.05) is 7.05 Å². The number of carbonyl (C=O) groups excluding carboxylic acids is 1. The number of anilines is 1. The fourth-order valence-electron chi connectivity index (χ4n) is 2.28. The lowest BCUT2D eigenvalue weighted by atomic mass is 9.78. The van der Waals surface area contributed by atoms with Crippen molar-refractivity contribution < 1.29 is 14.1 Å². The molecule has 0 aromatic heterocycles. The second-order valence-corrected chi connectivity index (χ2v) is 6.90. The van der Waals surface area contributed by atoms with Crippen LogP contribution < -0.4 is 22.2 Å². The van der Waals surface area contributed by atoms with Crippen LogP contribution in [0.3, 0.4) is 0 Å². The molecule has 4 N–H and O–H groups in total. The minimum atomic E-state index is -0.515. The maximum atomic E-state index is 12.0. The fraction of sp³-hybridized carbons (Fsp3) is 0.533. The Morgan fingerprint density at radius 2 is 1.65 bits per heavy atom. The van der Waals surface area contributed by atoms with E-state index in [1.165, 1.54) is 7.05 Å². The van der Waals surface area contributed by atoms with Crippen LogP contribution in [0.5, 0.6) is 0 Å². The van der Waals surface area contributed by atoms with Gasteiger partial charge in [-0.3, -0.25) is 5.01 Å². The number of carbonyl (C=O) groups is 1. The van der Waals surface area contributed by atoms with Crippen LogP contribution in [0.15, 0.2) is 18.2 Å². The summed E-state index contributed by atoms with van der Waals surface area (Å²) < 4.78 is 12.1. The van der Waals surface area contributed by atoms with Crippen LogP contribution in [0.2, 0.25) is 0 Å². The van der Waals surface area contributed by atoms with E-state index in [0.29, 0.717) is 5.69 Å². The molecule has 2 amide bonds. The van der Waals surface area contributed by atoms with Gasteiger partial charge in [-0.2, -0.15) is 0 Å². The van der Waals surface area contributed by atoms with E-state index in [0.717, 1.165) is 21.0 Å². The molecule has 0 unspecified atom stereocenters. The van der Waals surface area contributed by atoms with E-state index in [4.69, 9.17) is 21.0 Å². The molecule has 1 aliphatic rings. The molecule has 1 heterocycles. The third kappa shape index (κ3) is 3.21. The predicted octanol–water partition coefficient (Wildman–Crippen LogP) is 0.900. The highest BCUT2D eigenvalue weighted by atomic mass is 16.7. The van der Waals surface area contributed by atoms with Gasteiger partial charge in [0.25, 0.3) is 0 Å². The molecule has 0 saturated carbocycles. The number of aryl methyl sites for hydroxylation is 1. The average Bonchev–Trinajstić information content (AvgIpc) is 2.66. The fourth-order valence-corrected chi connectivity index (χ4v) is 2.28. The van der Waals surface area contributed by atoms with Crippen molar-refractivity contribution in [2.24, 2.45) is 11.7 Å². The summed E-state index contributed by atoms with van der Waals surface area (Å²) in [4.78, 5) is 12.0. The maximum Gasteiger partial charge on any atom is 0.494 e. The Morgan fingerprint density at radius 3 is 2.13 bits per heavy atom. The third-order valence-electron chi connectivity index (χ3n) is 4.53. The number of nitrogens with zero attached hydrogens (tertiary/aromatic N) is 2. The van der Waals surface area contributed by atoms with E-state index in [9.17, 15) is 4.79 Å². The summed E-state index contributed by atoms with van der Waals surface area (Å²) in [5.41, 5.74) is 1.34. The molecule has 1 fully saturated rings. The van der Waals surface area contributed by atoms with Crippen molar-refractivity contribution >= 4 is 24.3 Å². The van der Waals surface area contributed by atoms with Gasteiger partial charge in [-0.1, -0.05) is 12.1 Å². The lowest BCUT2D eigenvalue weighted by Gasteiger charge is -2.32. The number of hydrogen-bond donors (Lipinski definition) is 2. The van der Waals surface area contributed by atoms with Gasteiger partial charge in [-0.15, -0.1) is 0 Å². The van der Waals surface area contributed by atoms with E-state index < -0.39 is 24.4 Å². The van der Waals surface area contributed by atoms with Gasteiger partial charge in [0.15, 0.2) is 0 Å². The highest BCUT2D eigenvalue weighted by molar-refractivity contribution is 6.62. The van der Waals surface area contributed by atoms with Gasteiger partial charge in [-0.25, -0.2) is 21.5 Å². The van der Waals surface area contributed by atoms with Crippen molar-refractivity contribution in [1.29, 1.82) is 0 Å². The molecule has 2 rings (SSSR count). The lowest BCUT2D eigenvalue weighted by molar-refractivity contribution is 0.00578. The van der Waals surface area contributed by atoms with E-state index in [1.54, 1.807) is 6.07 Å². The zero-order valence-corrected chi connectivity index (χ0v) is 14.6. The van der Waals surface area contributed by atoms with Crippen LogP contribution >= 0.6 is 0 Å². The number of amides is 2. The van der Waals surface area contributed by atoms with Crippen molar-refractivity contribution in [3.05, 3.63) is 23.8 Å². The number of nitrogens with two attached hydrogens (primary N) is 2. The Hall–Kier alpha value is -1.61. The third-order valence-corrected chi connectivity index (χ3v) is 4.53. The smallest absolute Gasteiger partial charge is 0.399 e. The first-order chi connectivity index (χ1) is 10.5. The second kappa shape index (κ2) is 5.79. The van der Waals surface area contributed by atoms with E-state index >= 15 is 0 Å². The summed E-state index contributed by atoms with van der Waals surface area (Å²) in [6.07, 6.45) is 0. The standard InChI is InChI=1S/C15H25BN4O3/c1-10-7-8-11(9-12(10)20(18)13(21)19(6)17)16-22-14(2,3)15(4,5)23-16/h7-9H,17-18H2,1-6H3. The minimum absolute atomic E-state index is 0.432. The molecule has 0 radical (unpaired) electrons. The summed E-state index contributed by atoms with van der Waals surface area (Å²) in [7, 11) is 0.925. The van der Waals surface area contributed by atoms with Crippen LogP contribution in [-0.2, 0) is 9.31 Å². The van der Waals surface area contributed by atoms with E-state index in [-0.39, 0.29) is 0 Å². The number of hydrazine groups is 2. The monoisotopic (exact) mass is 320 g/mol. The highest BCUT2D eigenvalue weighted by Crippen LogP contribution is 2.36. The van der Waals surface area contributed by atoms with Crippen LogP contribution in [-0.4, -0.2) is 36.4 Å². The number of rotatable bonds is 2. The summed E-state index contributed by atoms with van der Waals surface area (Å²) in [6, 6.07) is 5.06. The van der Waals surface area contributed by atoms with Crippen LogP contribution in [0, 0.1) is 6.92 Å². The van der Waals surface area contributed by atoms with Gasteiger partial charge in [0.1, 0.15) is 0 Å². The Bertz CT molecular complexity index is 603. The summed E-state index contributed by atoms with van der Waals surface area (Å²) >= 11 is 0. The van der Waals surface area contributed by atoms with Crippen LogP contribution in [0.4, 0.5) is 10.5 Å². The zero-order valence-electron chi connectivity index (χ0n) is 14.6. The quantitative estimate of drug-likeness (QED) is 0.365. The molecule has 8 heteroatoms. The average molecular weight is 320 g/mol. The molecule has 0 aliphatic carbocycles. The molecule has 1 aromatic carbocycles. The molecule has 0 bridgehead atoms. The Balaban J connectivity index is 2.34. The topological polar surface area (TPSA) is 94.0 Å². The largest absolute Gasteiger partial charge is 0.494 e. The normalized spacial score (nSPS) is 18.9. The predicted molar refractivity (Wildman–Crippen MR) is 90.9 cm³/mol. The van der Waals surface area contributed by atoms with Gasteiger partial charge < -0.3 is 9.31 Å². The summed E-state index contributed by atoms with van der Waals surface area (Å²) in [6.45, 7) is 9.83. The molecule has 0 spiro atoms. The van der Waals surface area contributed by atoms with Gasteiger partial charge in [0.05, 0.1) is 16.9 Å². The van der Waals surface area contributed by atoms with E-state index in [1.807, 2.05) is 46.8 Å². The van der Waals surface area contributed by atoms with Crippen molar-refractivity contribution in [3.8, 4) is 0 Å². The van der Waals surface area contributed by atoms with Crippen molar-refractivity contribution in [1.82, 2.24) is 5.01 Å². The molecule has 1 aromatic rings. The molecule has 126 valence electrons. The number of hydrogen-bond acceptors (Lipinski definition) is 5. The molecular formula is C15H25BN4O3. The van der Waals surface area contributed by atoms with Gasteiger partial charge in [-0.05, 0) is 51.7 Å². The van der Waals surface area contributed by atoms with Gasteiger partial charge >= 0.3 is 13.1 Å².